The molecule has 1 unspecified atom stereocenters. The summed E-state index contributed by atoms with van der Waals surface area (Å²) in [6.45, 7) is 1.99. The number of benzene rings is 3. The smallest absolute Gasteiger partial charge is 0.261 e. The number of hydrogen-bond acceptors (Lipinski definition) is 5. The molecular weight excluding hydrogens is 457 g/mol. The average Bonchev–Trinajstić information content (AvgIpc) is 3.38. The number of nitriles is 1. The molecule has 0 saturated heterocycles. The molecule has 3 aromatic carbocycles. The van der Waals surface area contributed by atoms with Crippen molar-refractivity contribution in [2.75, 3.05) is 26.7 Å². The second kappa shape index (κ2) is 9.65. The molecule has 182 valence electrons. The van der Waals surface area contributed by atoms with E-state index in [1.807, 2.05) is 19.2 Å². The molecule has 0 saturated carbocycles. The molecule has 1 atom stereocenters. The molecule has 2 amide bonds. The average molecular weight is 484 g/mol. The number of fused-ring (bicyclic) bond motifs is 2. The number of carbonyl (C=O) groups excluding carboxylic acids is 2. The summed E-state index contributed by atoms with van der Waals surface area (Å²) in [6.07, 6.45) is 1.43. The van der Waals surface area contributed by atoms with Crippen molar-refractivity contribution in [3.8, 4) is 6.07 Å². The first-order chi connectivity index (χ1) is 17.4. The van der Waals surface area contributed by atoms with Crippen molar-refractivity contribution in [1.82, 2.24) is 9.80 Å². The lowest BCUT2D eigenvalue weighted by atomic mass is 9.81. The lowest BCUT2D eigenvalue weighted by Crippen LogP contribution is -2.37. The third kappa shape index (κ3) is 4.19. The molecule has 5 rings (SSSR count). The van der Waals surface area contributed by atoms with Gasteiger partial charge in [0.15, 0.2) is 0 Å². The van der Waals surface area contributed by atoms with Crippen LogP contribution in [0.2, 0.25) is 0 Å². The summed E-state index contributed by atoms with van der Waals surface area (Å²) >= 11 is 0. The van der Waals surface area contributed by atoms with Crippen LogP contribution >= 0.6 is 0 Å². The van der Waals surface area contributed by atoms with Crippen LogP contribution in [0.5, 0.6) is 0 Å². The van der Waals surface area contributed by atoms with E-state index >= 15 is 0 Å². The number of ether oxygens (including phenoxy) is 1. The van der Waals surface area contributed by atoms with E-state index in [1.54, 1.807) is 42.5 Å². The van der Waals surface area contributed by atoms with Crippen molar-refractivity contribution in [2.45, 2.75) is 25.0 Å². The number of rotatable bonds is 8. The van der Waals surface area contributed by atoms with E-state index < -0.39 is 5.60 Å². The van der Waals surface area contributed by atoms with E-state index in [2.05, 4.69) is 11.0 Å². The molecule has 0 bridgehead atoms. The van der Waals surface area contributed by atoms with Crippen LogP contribution in [-0.2, 0) is 16.9 Å². The minimum Gasteiger partial charge on any atom is -0.361 e. The number of imide groups is 1. The zero-order chi connectivity index (χ0) is 25.3. The Hall–Kier alpha value is -3.86. The standard InChI is InChI=1S/C29H26FN3O3/c1-32(15-16-33-27(34)24-5-2-3-6-25(24)28(33)35)14-4-13-29(22-8-10-23(30)11-9-22)26-12-7-20(18-31)17-21(26)19-36-29/h2-3,5-12,17H,4,13-16,19H2,1H3. The number of halogens is 1. The molecule has 2 heterocycles. The Labute approximate surface area is 209 Å². The summed E-state index contributed by atoms with van der Waals surface area (Å²) in [6, 6.07) is 21.1. The van der Waals surface area contributed by atoms with Gasteiger partial charge in [0.1, 0.15) is 11.4 Å². The Morgan fingerprint density at radius 2 is 1.72 bits per heavy atom. The molecule has 0 fully saturated rings. The summed E-state index contributed by atoms with van der Waals surface area (Å²) < 4.78 is 20.0. The van der Waals surface area contributed by atoms with Crippen LogP contribution in [0.25, 0.3) is 0 Å². The third-order valence-corrected chi connectivity index (χ3v) is 7.11. The van der Waals surface area contributed by atoms with Crippen molar-refractivity contribution in [3.63, 3.8) is 0 Å². The van der Waals surface area contributed by atoms with Crippen molar-refractivity contribution in [1.29, 1.82) is 5.26 Å². The van der Waals surface area contributed by atoms with Crippen molar-refractivity contribution >= 4 is 11.8 Å². The summed E-state index contributed by atoms with van der Waals surface area (Å²) in [4.78, 5) is 28.6. The zero-order valence-corrected chi connectivity index (χ0v) is 20.0. The topological polar surface area (TPSA) is 73.6 Å². The third-order valence-electron chi connectivity index (χ3n) is 7.11. The fraction of sp³-hybridized carbons (Fsp3) is 0.276. The van der Waals surface area contributed by atoms with Crippen LogP contribution in [0, 0.1) is 17.1 Å². The summed E-state index contributed by atoms with van der Waals surface area (Å²) in [5.41, 5.74) is 3.63. The SMILES string of the molecule is CN(CCCC1(c2ccc(F)cc2)OCc2cc(C#N)ccc21)CCN1C(=O)c2ccccc2C1=O. The maximum Gasteiger partial charge on any atom is 0.261 e. The van der Waals surface area contributed by atoms with Gasteiger partial charge in [-0.2, -0.15) is 5.26 Å². The molecule has 2 aliphatic heterocycles. The van der Waals surface area contributed by atoms with Gasteiger partial charge in [-0.05, 0) is 79.5 Å². The van der Waals surface area contributed by atoms with Crippen LogP contribution in [0.3, 0.4) is 0 Å². The van der Waals surface area contributed by atoms with Gasteiger partial charge < -0.3 is 9.64 Å². The normalized spacial score (nSPS) is 18.4. The highest BCUT2D eigenvalue weighted by Crippen LogP contribution is 2.45. The first kappa shape index (κ1) is 23.9. The molecule has 6 nitrogen and oxygen atoms in total. The van der Waals surface area contributed by atoms with Gasteiger partial charge in [0.25, 0.3) is 11.8 Å². The van der Waals surface area contributed by atoms with Crippen LogP contribution < -0.4 is 0 Å². The van der Waals surface area contributed by atoms with Gasteiger partial charge in [0.05, 0.1) is 29.4 Å². The molecule has 0 aliphatic carbocycles. The maximum absolute atomic E-state index is 13.7. The fourth-order valence-electron chi connectivity index (χ4n) is 5.19. The molecule has 36 heavy (non-hydrogen) atoms. The van der Waals surface area contributed by atoms with Gasteiger partial charge in [-0.1, -0.05) is 30.3 Å². The Morgan fingerprint density at radius 3 is 2.39 bits per heavy atom. The second-order valence-electron chi connectivity index (χ2n) is 9.32. The number of amides is 2. The predicted molar refractivity (Wildman–Crippen MR) is 132 cm³/mol. The molecule has 7 heteroatoms. The van der Waals surface area contributed by atoms with Crippen molar-refractivity contribution in [2.24, 2.45) is 0 Å². The van der Waals surface area contributed by atoms with Crippen LogP contribution in [0.4, 0.5) is 4.39 Å². The molecule has 0 spiro atoms. The van der Waals surface area contributed by atoms with E-state index in [4.69, 9.17) is 4.74 Å². The van der Waals surface area contributed by atoms with Crippen LogP contribution in [0.1, 0.15) is 55.8 Å². The molecule has 0 radical (unpaired) electrons. The highest BCUT2D eigenvalue weighted by atomic mass is 19.1. The summed E-state index contributed by atoms with van der Waals surface area (Å²) in [5.74, 6) is -0.793. The predicted octanol–water partition coefficient (Wildman–Crippen LogP) is 4.48. The Bertz CT molecular complexity index is 1330. The van der Waals surface area contributed by atoms with E-state index in [1.165, 1.54) is 17.0 Å². The fourth-order valence-corrected chi connectivity index (χ4v) is 5.19. The van der Waals surface area contributed by atoms with Gasteiger partial charge in [0, 0.05) is 13.1 Å². The highest BCUT2D eigenvalue weighted by Gasteiger charge is 2.41. The Balaban J connectivity index is 1.26. The van der Waals surface area contributed by atoms with Crippen LogP contribution in [-0.4, -0.2) is 48.3 Å². The number of likely N-dealkylation sites (N-methyl/N-ethyl adjacent to an activating group) is 1. The lowest BCUT2D eigenvalue weighted by Gasteiger charge is -2.31. The molecule has 0 N–H and O–H groups in total. The van der Waals surface area contributed by atoms with E-state index in [0.717, 1.165) is 29.7 Å². The van der Waals surface area contributed by atoms with E-state index in [-0.39, 0.29) is 17.6 Å². The second-order valence-corrected chi connectivity index (χ2v) is 9.32. The Morgan fingerprint density at radius 1 is 1.03 bits per heavy atom. The largest absolute Gasteiger partial charge is 0.361 e. The molecule has 3 aromatic rings. The van der Waals surface area contributed by atoms with Crippen molar-refractivity contribution < 1.29 is 18.7 Å². The quantitative estimate of drug-likeness (QED) is 0.442. The van der Waals surface area contributed by atoms with Gasteiger partial charge in [-0.15, -0.1) is 0 Å². The van der Waals surface area contributed by atoms with Crippen LogP contribution in [0.15, 0.2) is 66.7 Å². The van der Waals surface area contributed by atoms with Gasteiger partial charge in [-0.3, -0.25) is 14.5 Å². The zero-order valence-electron chi connectivity index (χ0n) is 20.0. The lowest BCUT2D eigenvalue weighted by molar-refractivity contribution is -0.0143. The molecule has 2 aliphatic rings. The van der Waals surface area contributed by atoms with E-state index in [9.17, 15) is 19.2 Å². The first-order valence-electron chi connectivity index (χ1n) is 12.0. The number of hydrogen-bond donors (Lipinski definition) is 0. The molecular formula is C29H26FN3O3. The minimum absolute atomic E-state index is 0.244. The number of nitrogens with zero attached hydrogens (tertiary/aromatic N) is 3. The highest BCUT2D eigenvalue weighted by molar-refractivity contribution is 6.21. The van der Waals surface area contributed by atoms with Crippen molar-refractivity contribution in [3.05, 3.63) is 106 Å². The van der Waals surface area contributed by atoms with Gasteiger partial charge in [-0.25, -0.2) is 4.39 Å². The maximum atomic E-state index is 13.7. The minimum atomic E-state index is -0.722. The monoisotopic (exact) mass is 483 g/mol. The van der Waals surface area contributed by atoms with Gasteiger partial charge in [0.2, 0.25) is 0 Å². The molecule has 0 aromatic heterocycles. The first-order valence-corrected chi connectivity index (χ1v) is 12.0. The van der Waals surface area contributed by atoms with Gasteiger partial charge >= 0.3 is 0 Å². The Kier molecular flexibility index (Phi) is 6.40. The summed E-state index contributed by atoms with van der Waals surface area (Å²) in [5, 5.41) is 9.28. The number of carbonyl (C=O) groups is 2. The summed E-state index contributed by atoms with van der Waals surface area (Å²) in [7, 11) is 1.96. The van der Waals surface area contributed by atoms with E-state index in [0.29, 0.717) is 42.8 Å².